The van der Waals surface area contributed by atoms with E-state index in [9.17, 15) is 9.59 Å². The van der Waals surface area contributed by atoms with Crippen LogP contribution in [0.5, 0.6) is 0 Å². The Bertz CT molecular complexity index is 305. The predicted octanol–water partition coefficient (Wildman–Crippen LogP) is 0.521. The number of hydrogen-bond acceptors (Lipinski definition) is 3. The van der Waals surface area contributed by atoms with Crippen molar-refractivity contribution in [1.29, 1.82) is 5.26 Å². The van der Waals surface area contributed by atoms with Crippen LogP contribution in [0.4, 0.5) is 0 Å². The molecule has 1 N–H and O–H groups in total. The molecule has 0 unspecified atom stereocenters. The lowest BCUT2D eigenvalue weighted by molar-refractivity contribution is -0.141. The van der Waals surface area contributed by atoms with Crippen molar-refractivity contribution in [3.63, 3.8) is 0 Å². The van der Waals surface area contributed by atoms with Crippen molar-refractivity contribution in [2.75, 3.05) is 20.1 Å². The lowest BCUT2D eigenvalue weighted by atomic mass is 9.93. The fraction of sp³-hybridized carbons (Fsp3) is 0.727. The highest BCUT2D eigenvalue weighted by atomic mass is 16.2. The van der Waals surface area contributed by atoms with E-state index in [1.807, 2.05) is 13.0 Å². The van der Waals surface area contributed by atoms with E-state index in [2.05, 4.69) is 5.32 Å². The molecule has 2 amide bonds. The third kappa shape index (κ3) is 3.89. The zero-order chi connectivity index (χ0) is 12.8. The molecule has 0 aliphatic rings. The molecule has 0 spiro atoms. The highest BCUT2D eigenvalue weighted by Crippen LogP contribution is 2.17. The molecular weight excluding hydrogens is 206 g/mol. The number of hydrogen-bond donors (Lipinski definition) is 1. The molecule has 0 fully saturated rings. The summed E-state index contributed by atoms with van der Waals surface area (Å²) in [5.74, 6) is -0.531. The minimum atomic E-state index is -1.08. The van der Waals surface area contributed by atoms with Gasteiger partial charge >= 0.3 is 0 Å². The van der Waals surface area contributed by atoms with Gasteiger partial charge in [-0.2, -0.15) is 5.26 Å². The number of amides is 2. The third-order valence-electron chi connectivity index (χ3n) is 2.21. The first-order valence-corrected chi connectivity index (χ1v) is 5.30. The summed E-state index contributed by atoms with van der Waals surface area (Å²) in [6, 6.07) is 1.95. The average Bonchev–Trinajstić information content (AvgIpc) is 2.27. The van der Waals surface area contributed by atoms with E-state index in [1.54, 1.807) is 13.8 Å². The van der Waals surface area contributed by atoms with Gasteiger partial charge in [0.15, 0.2) is 0 Å². The van der Waals surface area contributed by atoms with E-state index in [1.165, 1.54) is 11.9 Å². The maximum atomic E-state index is 12.0. The Morgan fingerprint density at radius 2 is 2.00 bits per heavy atom. The molecule has 0 aromatic heterocycles. The van der Waals surface area contributed by atoms with Gasteiger partial charge < -0.3 is 10.2 Å². The summed E-state index contributed by atoms with van der Waals surface area (Å²) >= 11 is 0. The van der Waals surface area contributed by atoms with Gasteiger partial charge in [0.05, 0.1) is 12.6 Å². The first kappa shape index (κ1) is 14.4. The molecule has 0 aromatic rings. The Morgan fingerprint density at radius 1 is 1.44 bits per heavy atom. The second kappa shape index (κ2) is 6.11. The largest absolute Gasteiger partial charge is 0.358 e. The van der Waals surface area contributed by atoms with Crippen LogP contribution in [0.1, 0.15) is 27.2 Å². The highest BCUT2D eigenvalue weighted by molar-refractivity contribution is 5.89. The molecule has 0 atom stereocenters. The van der Waals surface area contributed by atoms with Gasteiger partial charge in [-0.05, 0) is 20.3 Å². The fourth-order valence-electron chi connectivity index (χ4n) is 1.22. The average molecular weight is 225 g/mol. The topological polar surface area (TPSA) is 73.2 Å². The number of likely N-dealkylation sites (N-methyl/N-ethyl adjacent to an activating group) is 1. The van der Waals surface area contributed by atoms with Crippen molar-refractivity contribution in [2.45, 2.75) is 27.2 Å². The third-order valence-corrected chi connectivity index (χ3v) is 2.21. The lowest BCUT2D eigenvalue weighted by Gasteiger charge is -2.26. The van der Waals surface area contributed by atoms with Gasteiger partial charge in [-0.1, -0.05) is 6.92 Å². The van der Waals surface area contributed by atoms with Gasteiger partial charge in [-0.3, -0.25) is 9.59 Å². The molecule has 90 valence electrons. The van der Waals surface area contributed by atoms with E-state index in [0.717, 1.165) is 6.42 Å². The Morgan fingerprint density at radius 3 is 2.38 bits per heavy atom. The van der Waals surface area contributed by atoms with Crippen LogP contribution in [0.15, 0.2) is 0 Å². The van der Waals surface area contributed by atoms with Gasteiger partial charge in [0, 0.05) is 13.6 Å². The van der Waals surface area contributed by atoms with Crippen LogP contribution < -0.4 is 5.32 Å². The number of carbonyl (C=O) groups is 2. The molecule has 0 rings (SSSR count). The van der Waals surface area contributed by atoms with Crippen LogP contribution in [0, 0.1) is 16.7 Å². The Labute approximate surface area is 96.4 Å². The summed E-state index contributed by atoms with van der Waals surface area (Å²) < 4.78 is 0. The lowest BCUT2D eigenvalue weighted by Crippen LogP contribution is -2.45. The van der Waals surface area contributed by atoms with Crippen LogP contribution in [-0.4, -0.2) is 36.9 Å². The second-order valence-electron chi connectivity index (χ2n) is 4.14. The summed E-state index contributed by atoms with van der Waals surface area (Å²) in [6.45, 7) is 5.53. The van der Waals surface area contributed by atoms with Crippen LogP contribution in [0.2, 0.25) is 0 Å². The van der Waals surface area contributed by atoms with Crippen molar-refractivity contribution in [3.05, 3.63) is 0 Å². The minimum absolute atomic E-state index is 0.00822. The summed E-state index contributed by atoms with van der Waals surface area (Å²) in [6.07, 6.45) is 0.754. The summed E-state index contributed by atoms with van der Waals surface area (Å²) in [4.78, 5) is 24.6. The van der Waals surface area contributed by atoms with Crippen molar-refractivity contribution >= 4 is 11.8 Å². The maximum Gasteiger partial charge on any atom is 0.242 e. The molecule has 5 heteroatoms. The van der Waals surface area contributed by atoms with Crippen LogP contribution in [0.3, 0.4) is 0 Å². The summed E-state index contributed by atoms with van der Waals surface area (Å²) in [5.41, 5.74) is -1.08. The van der Waals surface area contributed by atoms with Gasteiger partial charge in [0.25, 0.3) is 0 Å². The molecule has 0 saturated heterocycles. The van der Waals surface area contributed by atoms with Gasteiger partial charge in [-0.15, -0.1) is 0 Å². The van der Waals surface area contributed by atoms with Crippen molar-refractivity contribution in [1.82, 2.24) is 10.2 Å². The molecule has 0 heterocycles. The van der Waals surface area contributed by atoms with E-state index < -0.39 is 5.41 Å². The van der Waals surface area contributed by atoms with Crippen molar-refractivity contribution in [2.24, 2.45) is 5.41 Å². The molecule has 5 nitrogen and oxygen atoms in total. The highest BCUT2D eigenvalue weighted by Gasteiger charge is 2.32. The summed E-state index contributed by atoms with van der Waals surface area (Å²) in [7, 11) is 1.52. The molecule has 0 bridgehead atoms. The zero-order valence-corrected chi connectivity index (χ0v) is 10.3. The summed E-state index contributed by atoms with van der Waals surface area (Å²) in [5, 5.41) is 11.3. The number of nitriles is 1. The van der Waals surface area contributed by atoms with Gasteiger partial charge in [0.2, 0.25) is 11.8 Å². The number of rotatable bonds is 5. The molecule has 16 heavy (non-hydrogen) atoms. The zero-order valence-electron chi connectivity index (χ0n) is 10.3. The molecular formula is C11H19N3O2. The number of nitrogens with zero attached hydrogens (tertiary/aromatic N) is 2. The normalized spacial score (nSPS) is 10.4. The monoisotopic (exact) mass is 225 g/mol. The van der Waals surface area contributed by atoms with Gasteiger partial charge in [0.1, 0.15) is 5.41 Å². The second-order valence-corrected chi connectivity index (χ2v) is 4.14. The van der Waals surface area contributed by atoms with E-state index >= 15 is 0 Å². The van der Waals surface area contributed by atoms with E-state index in [-0.39, 0.29) is 18.4 Å². The van der Waals surface area contributed by atoms with E-state index in [4.69, 9.17) is 5.26 Å². The Hall–Kier alpha value is -1.57. The molecule has 0 aliphatic carbocycles. The quantitative estimate of drug-likeness (QED) is 0.741. The predicted molar refractivity (Wildman–Crippen MR) is 60.3 cm³/mol. The Balaban J connectivity index is 4.73. The molecule has 0 radical (unpaired) electrons. The number of nitrogens with one attached hydrogen (secondary N) is 1. The van der Waals surface area contributed by atoms with Crippen molar-refractivity contribution in [3.8, 4) is 6.07 Å². The van der Waals surface area contributed by atoms with E-state index in [0.29, 0.717) is 6.54 Å². The van der Waals surface area contributed by atoms with Crippen molar-refractivity contribution < 1.29 is 9.59 Å². The fourth-order valence-corrected chi connectivity index (χ4v) is 1.22. The molecule has 0 aromatic carbocycles. The molecule has 0 aliphatic heterocycles. The van der Waals surface area contributed by atoms with Crippen LogP contribution in [-0.2, 0) is 9.59 Å². The smallest absolute Gasteiger partial charge is 0.242 e. The minimum Gasteiger partial charge on any atom is -0.358 e. The Kier molecular flexibility index (Phi) is 5.51. The standard InChI is InChI=1S/C11H19N3O2/c1-5-6-14(7-9(15)13-4)10(16)11(2,3)8-12/h5-7H2,1-4H3,(H,13,15). The number of carbonyl (C=O) groups excluding carboxylic acids is 2. The SMILES string of the molecule is CCCN(CC(=O)NC)C(=O)C(C)(C)C#N. The van der Waals surface area contributed by atoms with Crippen LogP contribution in [0.25, 0.3) is 0 Å². The maximum absolute atomic E-state index is 12.0. The van der Waals surface area contributed by atoms with Gasteiger partial charge in [-0.25, -0.2) is 0 Å². The molecule has 0 saturated carbocycles. The first-order chi connectivity index (χ1) is 7.38. The van der Waals surface area contributed by atoms with Crippen LogP contribution >= 0.6 is 0 Å². The first-order valence-electron chi connectivity index (χ1n) is 5.30.